The van der Waals surface area contributed by atoms with Crippen LogP contribution in [-0.2, 0) is 7.05 Å². The Morgan fingerprint density at radius 2 is 1.92 bits per heavy atom. The van der Waals surface area contributed by atoms with Crippen molar-refractivity contribution in [2.45, 2.75) is 37.8 Å². The molecule has 1 amide bonds. The van der Waals surface area contributed by atoms with Crippen LogP contribution in [0.25, 0.3) is 44.3 Å². The molecule has 0 aliphatic heterocycles. The molecule has 6 rings (SSSR count). The lowest BCUT2D eigenvalue weighted by atomic mass is 9.91. The van der Waals surface area contributed by atoms with Gasteiger partial charge in [-0.3, -0.25) is 14.5 Å². The van der Waals surface area contributed by atoms with Crippen molar-refractivity contribution in [1.82, 2.24) is 30.0 Å². The molecule has 5 aromatic rings. The molecule has 4 heterocycles. The Morgan fingerprint density at radius 1 is 1.11 bits per heavy atom. The first-order valence-corrected chi connectivity index (χ1v) is 12.1. The number of nitrogens with one attached hydrogen (secondary N) is 2. The standard InChI is InChI=1S/C27H26FN7O/c1-35-14-17(11-32-35)22-10-18-23(13-30-22)33-26-25(18)24(19(28)12-31-26)15-6-8-16(9-7-15)27(36)34-21-5-3-2-4-20(21)29/h6-14,20-21H,2-5,29H2,1H3,(H,31,33)(H,34,36)/t20-,21-/m0/s1. The van der Waals surface area contributed by atoms with Crippen LogP contribution in [0.4, 0.5) is 4.39 Å². The van der Waals surface area contributed by atoms with E-state index < -0.39 is 5.82 Å². The second-order valence-corrected chi connectivity index (χ2v) is 9.45. The summed E-state index contributed by atoms with van der Waals surface area (Å²) in [6.07, 6.45) is 10.5. The Labute approximate surface area is 206 Å². The summed E-state index contributed by atoms with van der Waals surface area (Å²) in [5.74, 6) is -0.600. The summed E-state index contributed by atoms with van der Waals surface area (Å²) in [5, 5.41) is 8.77. The normalized spacial score (nSPS) is 18.1. The Balaban J connectivity index is 1.38. The average molecular weight is 484 g/mol. The first-order valence-electron chi connectivity index (χ1n) is 12.1. The number of aromatic nitrogens is 5. The molecule has 4 aromatic heterocycles. The van der Waals surface area contributed by atoms with Crippen molar-refractivity contribution in [3.05, 3.63) is 66.5 Å². The Kier molecular flexibility index (Phi) is 5.49. The number of hydrogen-bond acceptors (Lipinski definition) is 5. The third-order valence-electron chi connectivity index (χ3n) is 7.03. The number of fused-ring (bicyclic) bond motifs is 3. The van der Waals surface area contributed by atoms with Crippen LogP contribution in [-0.4, -0.2) is 42.7 Å². The van der Waals surface area contributed by atoms with E-state index in [1.54, 1.807) is 41.3 Å². The molecule has 1 aromatic carbocycles. The number of amides is 1. The molecule has 9 heteroatoms. The molecule has 0 radical (unpaired) electrons. The first kappa shape index (κ1) is 22.4. The number of H-pyrrole nitrogens is 1. The van der Waals surface area contributed by atoms with Crippen LogP contribution in [0.2, 0.25) is 0 Å². The van der Waals surface area contributed by atoms with E-state index >= 15 is 4.39 Å². The summed E-state index contributed by atoms with van der Waals surface area (Å²) >= 11 is 0. The van der Waals surface area contributed by atoms with Crippen LogP contribution in [0.5, 0.6) is 0 Å². The predicted molar refractivity (Wildman–Crippen MR) is 137 cm³/mol. The number of nitrogens with zero attached hydrogens (tertiary/aromatic N) is 4. The lowest BCUT2D eigenvalue weighted by Crippen LogP contribution is -2.49. The van der Waals surface area contributed by atoms with Crippen molar-refractivity contribution in [2.75, 3.05) is 0 Å². The van der Waals surface area contributed by atoms with Crippen molar-refractivity contribution >= 4 is 27.8 Å². The number of benzene rings is 1. The predicted octanol–water partition coefficient (Wildman–Crippen LogP) is 4.32. The van der Waals surface area contributed by atoms with Crippen molar-refractivity contribution < 1.29 is 9.18 Å². The van der Waals surface area contributed by atoms with Gasteiger partial charge < -0.3 is 16.0 Å². The van der Waals surface area contributed by atoms with Crippen molar-refractivity contribution in [3.63, 3.8) is 0 Å². The third-order valence-corrected chi connectivity index (χ3v) is 7.03. The van der Waals surface area contributed by atoms with Gasteiger partial charge in [0.1, 0.15) is 11.5 Å². The second kappa shape index (κ2) is 8.83. The zero-order valence-corrected chi connectivity index (χ0v) is 19.8. The number of aromatic amines is 1. The first-order chi connectivity index (χ1) is 17.5. The monoisotopic (exact) mass is 483 g/mol. The highest BCUT2D eigenvalue weighted by molar-refractivity contribution is 6.13. The molecule has 0 bridgehead atoms. The van der Waals surface area contributed by atoms with Gasteiger partial charge in [0, 0.05) is 52.8 Å². The number of hydrogen-bond donors (Lipinski definition) is 3. The zero-order valence-electron chi connectivity index (χ0n) is 19.8. The van der Waals surface area contributed by atoms with E-state index in [-0.39, 0.29) is 18.0 Å². The van der Waals surface area contributed by atoms with Gasteiger partial charge in [0.25, 0.3) is 5.91 Å². The van der Waals surface area contributed by atoms with Crippen LogP contribution in [0, 0.1) is 5.82 Å². The topological polar surface area (TPSA) is 115 Å². The summed E-state index contributed by atoms with van der Waals surface area (Å²) < 4.78 is 17.0. The zero-order chi connectivity index (χ0) is 24.8. The van der Waals surface area contributed by atoms with Gasteiger partial charge in [-0.05, 0) is 36.6 Å². The van der Waals surface area contributed by atoms with E-state index in [4.69, 9.17) is 5.73 Å². The molecule has 1 aliphatic carbocycles. The molecular formula is C27H26FN7O. The van der Waals surface area contributed by atoms with Crippen LogP contribution < -0.4 is 11.1 Å². The van der Waals surface area contributed by atoms with Gasteiger partial charge in [-0.1, -0.05) is 25.0 Å². The van der Waals surface area contributed by atoms with Crippen LogP contribution in [0.1, 0.15) is 36.0 Å². The van der Waals surface area contributed by atoms with E-state index in [2.05, 4.69) is 25.4 Å². The number of halogens is 1. The van der Waals surface area contributed by atoms with Gasteiger partial charge >= 0.3 is 0 Å². The highest BCUT2D eigenvalue weighted by atomic mass is 19.1. The summed E-state index contributed by atoms with van der Waals surface area (Å²) in [7, 11) is 1.85. The fourth-order valence-electron chi connectivity index (χ4n) is 5.11. The minimum Gasteiger partial charge on any atom is -0.348 e. The Bertz CT molecular complexity index is 1590. The van der Waals surface area contributed by atoms with Gasteiger partial charge in [-0.25, -0.2) is 9.37 Å². The summed E-state index contributed by atoms with van der Waals surface area (Å²) in [4.78, 5) is 24.9. The third kappa shape index (κ3) is 3.91. The van der Waals surface area contributed by atoms with Gasteiger partial charge in [0.05, 0.1) is 29.8 Å². The van der Waals surface area contributed by atoms with Crippen molar-refractivity contribution in [1.29, 1.82) is 0 Å². The lowest BCUT2D eigenvalue weighted by molar-refractivity contribution is 0.0921. The van der Waals surface area contributed by atoms with Gasteiger partial charge in [-0.2, -0.15) is 5.10 Å². The molecule has 1 saturated carbocycles. The molecule has 8 nitrogen and oxygen atoms in total. The molecular weight excluding hydrogens is 457 g/mol. The van der Waals surface area contributed by atoms with Crippen molar-refractivity contribution in [3.8, 4) is 22.4 Å². The molecule has 4 N–H and O–H groups in total. The maximum absolute atomic E-state index is 15.3. The average Bonchev–Trinajstić information content (AvgIpc) is 3.48. The maximum Gasteiger partial charge on any atom is 0.251 e. The highest BCUT2D eigenvalue weighted by Crippen LogP contribution is 2.36. The largest absolute Gasteiger partial charge is 0.348 e. The van der Waals surface area contributed by atoms with Crippen molar-refractivity contribution in [2.24, 2.45) is 12.8 Å². The summed E-state index contributed by atoms with van der Waals surface area (Å²) in [6, 6.07) is 8.88. The number of nitrogens with two attached hydrogens (primary N) is 1. The number of carbonyl (C=O) groups is 1. The molecule has 1 fully saturated rings. The van der Waals surface area contributed by atoms with E-state index in [1.165, 1.54) is 6.20 Å². The molecule has 0 saturated heterocycles. The smallest absolute Gasteiger partial charge is 0.251 e. The number of pyridine rings is 2. The van der Waals surface area contributed by atoms with E-state index in [0.29, 0.717) is 27.7 Å². The molecule has 36 heavy (non-hydrogen) atoms. The maximum atomic E-state index is 15.3. The summed E-state index contributed by atoms with van der Waals surface area (Å²) in [5.41, 5.74) is 10.7. The molecule has 0 unspecified atom stereocenters. The molecule has 182 valence electrons. The lowest BCUT2D eigenvalue weighted by Gasteiger charge is -2.29. The van der Waals surface area contributed by atoms with Gasteiger partial charge in [0.2, 0.25) is 0 Å². The van der Waals surface area contributed by atoms with Crippen LogP contribution >= 0.6 is 0 Å². The highest BCUT2D eigenvalue weighted by Gasteiger charge is 2.24. The number of rotatable bonds is 4. The Hall–Kier alpha value is -4.11. The second-order valence-electron chi connectivity index (χ2n) is 9.45. The van der Waals surface area contributed by atoms with Crippen LogP contribution in [0.3, 0.4) is 0 Å². The quantitative estimate of drug-likeness (QED) is 0.352. The SMILES string of the molecule is Cn1cc(-c2cc3c(cn2)[nH]c2ncc(F)c(-c4ccc(C(=O)N[C@H]5CCCC[C@@H]5N)cc4)c23)cn1. The van der Waals surface area contributed by atoms with Crippen LogP contribution in [0.15, 0.2) is 55.1 Å². The minimum absolute atomic E-state index is 0.0166. The Morgan fingerprint density at radius 3 is 2.67 bits per heavy atom. The van der Waals surface area contributed by atoms with E-state index in [9.17, 15) is 4.79 Å². The number of carbonyl (C=O) groups excluding carboxylic acids is 1. The minimum atomic E-state index is -0.437. The summed E-state index contributed by atoms with van der Waals surface area (Å²) in [6.45, 7) is 0. The fourth-order valence-corrected chi connectivity index (χ4v) is 5.11. The van der Waals surface area contributed by atoms with E-state index in [1.807, 2.05) is 19.3 Å². The molecule has 1 aliphatic rings. The fraction of sp³-hybridized carbons (Fsp3) is 0.259. The van der Waals surface area contributed by atoms with E-state index in [0.717, 1.165) is 47.8 Å². The molecule has 2 atom stereocenters. The van der Waals surface area contributed by atoms with Gasteiger partial charge in [0.15, 0.2) is 0 Å². The van der Waals surface area contributed by atoms with Gasteiger partial charge in [-0.15, -0.1) is 0 Å². The number of aryl methyl sites for hydroxylation is 1. The molecule has 0 spiro atoms.